The Morgan fingerprint density at radius 1 is 0.974 bits per heavy atom. The highest BCUT2D eigenvalue weighted by Gasteiger charge is 2.31. The number of aryl methyl sites for hydroxylation is 2. The van der Waals surface area contributed by atoms with Gasteiger partial charge in [0.1, 0.15) is 17.8 Å². The molecule has 1 aromatic heterocycles. The average Bonchev–Trinajstić information content (AvgIpc) is 3.33. The van der Waals surface area contributed by atoms with E-state index in [0.29, 0.717) is 11.3 Å². The number of carboxylic acid groups (broad SMARTS) is 1. The van der Waals surface area contributed by atoms with Gasteiger partial charge in [-0.2, -0.15) is 0 Å². The maximum absolute atomic E-state index is 13.7. The summed E-state index contributed by atoms with van der Waals surface area (Å²) in [5.74, 6) is -1.35. The third kappa shape index (κ3) is 6.46. The van der Waals surface area contributed by atoms with Gasteiger partial charge in [-0.05, 0) is 55.3 Å². The van der Waals surface area contributed by atoms with Gasteiger partial charge in [-0.1, -0.05) is 47.5 Å². The number of fused-ring (bicyclic) bond motifs is 1. The Kier molecular flexibility index (Phi) is 8.34. The maximum atomic E-state index is 13.7. The van der Waals surface area contributed by atoms with Gasteiger partial charge in [-0.25, -0.2) is 4.79 Å². The third-order valence-corrected chi connectivity index (χ3v) is 6.86. The molecular weight excluding hydrogens is 494 g/mol. The summed E-state index contributed by atoms with van der Waals surface area (Å²) < 4.78 is 5.24. The summed E-state index contributed by atoms with van der Waals surface area (Å²) in [4.78, 5) is 44.0. The van der Waals surface area contributed by atoms with E-state index in [0.717, 1.165) is 33.2 Å². The number of hydrogen-bond acceptors (Lipinski definition) is 4. The Morgan fingerprint density at radius 2 is 1.64 bits per heavy atom. The zero-order valence-corrected chi connectivity index (χ0v) is 22.5. The van der Waals surface area contributed by atoms with Crippen LogP contribution in [0.1, 0.15) is 32.6 Å². The molecule has 0 unspecified atom stereocenters. The molecular formula is C31H33N3O5. The van der Waals surface area contributed by atoms with Crippen molar-refractivity contribution in [3.63, 3.8) is 0 Å². The van der Waals surface area contributed by atoms with Crippen LogP contribution in [0.5, 0.6) is 5.75 Å². The second kappa shape index (κ2) is 11.9. The van der Waals surface area contributed by atoms with Crippen molar-refractivity contribution >= 4 is 28.7 Å². The van der Waals surface area contributed by atoms with Crippen LogP contribution in [0.3, 0.4) is 0 Å². The number of aromatic amines is 1. The summed E-state index contributed by atoms with van der Waals surface area (Å²) in [5.41, 5.74) is 4.82. The average molecular weight is 528 g/mol. The zero-order chi connectivity index (χ0) is 28.1. The number of likely N-dealkylation sites (N-methyl/N-ethyl adjacent to an activating group) is 1. The first-order chi connectivity index (χ1) is 18.7. The van der Waals surface area contributed by atoms with Gasteiger partial charge in [0.25, 0.3) is 5.91 Å². The minimum absolute atomic E-state index is 0.0923. The van der Waals surface area contributed by atoms with Crippen LogP contribution < -0.4 is 10.1 Å². The molecule has 0 radical (unpaired) electrons. The minimum atomic E-state index is -1.18. The summed E-state index contributed by atoms with van der Waals surface area (Å²) in [6, 6.07) is 18.2. The molecule has 0 aliphatic carbocycles. The molecule has 39 heavy (non-hydrogen) atoms. The monoisotopic (exact) mass is 527 g/mol. The highest BCUT2D eigenvalue weighted by atomic mass is 16.5. The summed E-state index contributed by atoms with van der Waals surface area (Å²) in [6.45, 7) is 3.82. The molecule has 2 atom stereocenters. The second-order valence-corrected chi connectivity index (χ2v) is 9.82. The van der Waals surface area contributed by atoms with E-state index in [-0.39, 0.29) is 18.7 Å². The van der Waals surface area contributed by atoms with Crippen LogP contribution >= 0.6 is 0 Å². The Hall–Kier alpha value is -4.59. The number of carbonyl (C=O) groups excluding carboxylic acids is 2. The standard InChI is InChI=1S/C31H33N3O5/c1-19-13-20(2)15-22(14-19)30(36)34(3)28(16-21-9-11-24(39-4)12-10-21)29(35)33-27(31(37)38)17-23-18-32-26-8-6-5-7-25(23)26/h5-15,18,27-28,32H,16-17H2,1-4H3,(H,33,35)(H,37,38)/t27-,28+/m0/s1. The van der Waals surface area contributed by atoms with Crippen molar-refractivity contribution in [1.82, 2.24) is 15.2 Å². The number of H-pyrrole nitrogens is 1. The van der Waals surface area contributed by atoms with E-state index >= 15 is 0 Å². The lowest BCUT2D eigenvalue weighted by atomic mass is 10.0. The molecule has 8 nitrogen and oxygen atoms in total. The van der Waals surface area contributed by atoms with Crippen molar-refractivity contribution < 1.29 is 24.2 Å². The van der Waals surface area contributed by atoms with E-state index in [4.69, 9.17) is 4.74 Å². The van der Waals surface area contributed by atoms with E-state index < -0.39 is 24.0 Å². The fraction of sp³-hybridized carbons (Fsp3) is 0.258. The summed E-state index contributed by atoms with van der Waals surface area (Å²) >= 11 is 0. The summed E-state index contributed by atoms with van der Waals surface area (Å²) in [7, 11) is 3.14. The van der Waals surface area contributed by atoms with E-state index in [1.807, 2.05) is 56.3 Å². The molecule has 0 aliphatic rings. The molecule has 8 heteroatoms. The number of carbonyl (C=O) groups is 3. The second-order valence-electron chi connectivity index (χ2n) is 9.82. The Bertz CT molecular complexity index is 1470. The smallest absolute Gasteiger partial charge is 0.326 e. The van der Waals surface area contributed by atoms with Crippen LogP contribution in [0.25, 0.3) is 10.9 Å². The van der Waals surface area contributed by atoms with Gasteiger partial charge in [-0.15, -0.1) is 0 Å². The lowest BCUT2D eigenvalue weighted by molar-refractivity contribution is -0.142. The molecule has 0 fully saturated rings. The Morgan fingerprint density at radius 3 is 2.28 bits per heavy atom. The molecule has 4 aromatic rings. The van der Waals surface area contributed by atoms with Crippen molar-refractivity contribution in [2.24, 2.45) is 0 Å². The number of carboxylic acids is 1. The fourth-order valence-corrected chi connectivity index (χ4v) is 4.82. The predicted molar refractivity (Wildman–Crippen MR) is 150 cm³/mol. The molecule has 3 N–H and O–H groups in total. The Balaban J connectivity index is 1.61. The van der Waals surface area contributed by atoms with E-state index in [1.54, 1.807) is 44.6 Å². The van der Waals surface area contributed by atoms with Crippen LogP contribution in [0.2, 0.25) is 0 Å². The Labute approximate surface area is 227 Å². The normalized spacial score (nSPS) is 12.5. The highest BCUT2D eigenvalue weighted by Crippen LogP contribution is 2.21. The van der Waals surface area contributed by atoms with Gasteiger partial charge >= 0.3 is 5.97 Å². The number of ether oxygens (including phenoxy) is 1. The number of rotatable bonds is 10. The van der Waals surface area contributed by atoms with Crippen LogP contribution in [0.4, 0.5) is 0 Å². The topological polar surface area (TPSA) is 112 Å². The highest BCUT2D eigenvalue weighted by molar-refractivity contribution is 5.98. The number of benzene rings is 3. The van der Waals surface area contributed by atoms with Crippen LogP contribution in [0, 0.1) is 13.8 Å². The number of nitrogens with one attached hydrogen (secondary N) is 2. The largest absolute Gasteiger partial charge is 0.497 e. The lowest BCUT2D eigenvalue weighted by Gasteiger charge is -2.29. The fourth-order valence-electron chi connectivity index (χ4n) is 4.82. The van der Waals surface area contributed by atoms with Crippen molar-refractivity contribution in [2.45, 2.75) is 38.8 Å². The van der Waals surface area contributed by atoms with Crippen molar-refractivity contribution in [3.05, 3.63) is 101 Å². The molecule has 1 heterocycles. The predicted octanol–water partition coefficient (Wildman–Crippen LogP) is 4.29. The molecule has 3 aromatic carbocycles. The number of methoxy groups -OCH3 is 1. The summed E-state index contributed by atoms with van der Waals surface area (Å²) in [5, 5.41) is 13.6. The molecule has 0 bridgehead atoms. The number of hydrogen-bond donors (Lipinski definition) is 3. The van der Waals surface area contributed by atoms with E-state index in [2.05, 4.69) is 10.3 Å². The third-order valence-electron chi connectivity index (χ3n) is 6.86. The quantitative estimate of drug-likeness (QED) is 0.285. The molecule has 202 valence electrons. The van der Waals surface area contributed by atoms with Gasteiger partial charge in [0, 0.05) is 42.6 Å². The number of aromatic nitrogens is 1. The molecule has 0 spiro atoms. The molecule has 0 saturated carbocycles. The van der Waals surface area contributed by atoms with Crippen LogP contribution in [-0.2, 0) is 22.4 Å². The molecule has 4 rings (SSSR count). The maximum Gasteiger partial charge on any atom is 0.326 e. The van der Waals surface area contributed by atoms with Crippen molar-refractivity contribution in [2.75, 3.05) is 14.2 Å². The number of amides is 2. The minimum Gasteiger partial charge on any atom is -0.497 e. The lowest BCUT2D eigenvalue weighted by Crippen LogP contribution is -2.53. The van der Waals surface area contributed by atoms with Gasteiger partial charge < -0.3 is 25.0 Å². The van der Waals surface area contributed by atoms with Crippen molar-refractivity contribution in [3.8, 4) is 5.75 Å². The number of aliphatic carboxylic acids is 1. The first kappa shape index (κ1) is 27.4. The first-order valence-corrected chi connectivity index (χ1v) is 12.7. The van der Waals surface area contributed by atoms with Gasteiger partial charge in [0.05, 0.1) is 7.11 Å². The zero-order valence-electron chi connectivity index (χ0n) is 22.5. The molecule has 0 saturated heterocycles. The number of nitrogens with zero attached hydrogens (tertiary/aromatic N) is 1. The summed E-state index contributed by atoms with van der Waals surface area (Å²) in [6.07, 6.45) is 2.05. The van der Waals surface area contributed by atoms with Crippen molar-refractivity contribution in [1.29, 1.82) is 0 Å². The van der Waals surface area contributed by atoms with E-state index in [9.17, 15) is 19.5 Å². The van der Waals surface area contributed by atoms with Gasteiger partial charge in [0.15, 0.2) is 0 Å². The SMILES string of the molecule is COc1ccc(C[C@H](C(=O)N[C@@H](Cc2c[nH]c3ccccc23)C(=O)O)N(C)C(=O)c2cc(C)cc(C)c2)cc1. The molecule has 0 aliphatic heterocycles. The van der Waals surface area contributed by atoms with Crippen LogP contribution in [0.15, 0.2) is 72.9 Å². The molecule has 2 amide bonds. The van der Waals surface area contributed by atoms with Gasteiger partial charge in [-0.3, -0.25) is 9.59 Å². The van der Waals surface area contributed by atoms with E-state index in [1.165, 1.54) is 4.90 Å². The number of para-hydroxylation sites is 1. The van der Waals surface area contributed by atoms with Crippen LogP contribution in [-0.4, -0.2) is 59.0 Å². The first-order valence-electron chi connectivity index (χ1n) is 12.7. The van der Waals surface area contributed by atoms with Gasteiger partial charge in [0.2, 0.25) is 5.91 Å².